The molecule has 1 aromatic rings. The molecule has 0 aliphatic rings. The number of hydrogen-bond donors (Lipinski definition) is 2. The molecule has 1 rings (SSSR count). The van der Waals surface area contributed by atoms with Crippen LogP contribution in [0.3, 0.4) is 0 Å². The quantitative estimate of drug-likeness (QED) is 0.208. The van der Waals surface area contributed by atoms with E-state index in [0.717, 1.165) is 18.1 Å². The topological polar surface area (TPSA) is 49.3 Å². The van der Waals surface area contributed by atoms with Crippen LogP contribution in [-0.4, -0.2) is 23.5 Å². The fourth-order valence-corrected chi connectivity index (χ4v) is 2.11. The molecular weight excluding hydrogens is 411 g/mol. The van der Waals surface area contributed by atoms with E-state index in [1.165, 1.54) is 25.7 Å². The number of aliphatic imine (C=N–C) groups is 1. The Balaban J connectivity index is 0.00000441. The third kappa shape index (κ3) is 9.46. The Morgan fingerprint density at radius 2 is 2.09 bits per heavy atom. The summed E-state index contributed by atoms with van der Waals surface area (Å²) in [7, 11) is 0. The summed E-state index contributed by atoms with van der Waals surface area (Å²) in [5.41, 5.74) is 1.05. The van der Waals surface area contributed by atoms with E-state index in [-0.39, 0.29) is 24.0 Å². The summed E-state index contributed by atoms with van der Waals surface area (Å²) >= 11 is 5.78. The van der Waals surface area contributed by atoms with Gasteiger partial charge in [-0.2, -0.15) is 0 Å². The monoisotopic (exact) mass is 438 g/mol. The smallest absolute Gasteiger partial charge is 0.191 e. The van der Waals surface area contributed by atoms with Gasteiger partial charge in [-0.1, -0.05) is 43.9 Å². The second-order valence-electron chi connectivity index (χ2n) is 5.23. The van der Waals surface area contributed by atoms with Gasteiger partial charge in [0.15, 0.2) is 5.96 Å². The molecule has 0 spiro atoms. The predicted molar refractivity (Wildman–Crippen MR) is 106 cm³/mol. The number of pyridine rings is 1. The molecule has 0 bridgehead atoms. The fraction of sp³-hybridized carbons (Fsp3) is 0.625. The average molecular weight is 439 g/mol. The van der Waals surface area contributed by atoms with Crippen molar-refractivity contribution in [2.24, 2.45) is 4.99 Å². The van der Waals surface area contributed by atoms with E-state index in [4.69, 9.17) is 11.6 Å². The van der Waals surface area contributed by atoms with Gasteiger partial charge in [-0.25, -0.2) is 9.98 Å². The molecule has 0 aromatic carbocycles. The van der Waals surface area contributed by atoms with Gasteiger partial charge in [0.2, 0.25) is 0 Å². The van der Waals surface area contributed by atoms with Crippen molar-refractivity contribution in [3.8, 4) is 0 Å². The maximum absolute atomic E-state index is 5.78. The third-order valence-corrected chi connectivity index (χ3v) is 3.40. The van der Waals surface area contributed by atoms with E-state index in [2.05, 4.69) is 41.4 Å². The summed E-state index contributed by atoms with van der Waals surface area (Å²) in [4.78, 5) is 8.66. The van der Waals surface area contributed by atoms with E-state index in [1.54, 1.807) is 12.3 Å². The zero-order chi connectivity index (χ0) is 15.5. The zero-order valence-electron chi connectivity index (χ0n) is 13.7. The highest BCUT2D eigenvalue weighted by Gasteiger charge is 2.04. The number of rotatable bonds is 8. The first-order valence-electron chi connectivity index (χ1n) is 7.81. The molecule has 0 saturated carbocycles. The lowest BCUT2D eigenvalue weighted by Crippen LogP contribution is -2.42. The largest absolute Gasteiger partial charge is 0.357 e. The molecule has 0 fully saturated rings. The molecule has 0 aliphatic heterocycles. The van der Waals surface area contributed by atoms with Gasteiger partial charge in [0.25, 0.3) is 0 Å². The molecule has 22 heavy (non-hydrogen) atoms. The molecule has 0 saturated heterocycles. The van der Waals surface area contributed by atoms with Gasteiger partial charge in [-0.3, -0.25) is 0 Å². The van der Waals surface area contributed by atoms with E-state index in [9.17, 15) is 0 Å². The molecule has 4 nitrogen and oxygen atoms in total. The Hall–Kier alpha value is -0.560. The summed E-state index contributed by atoms with van der Waals surface area (Å²) < 4.78 is 0. The van der Waals surface area contributed by atoms with Crippen molar-refractivity contribution in [1.29, 1.82) is 0 Å². The fourth-order valence-electron chi connectivity index (χ4n) is 2.00. The molecule has 2 N–H and O–H groups in total. The highest BCUT2D eigenvalue weighted by molar-refractivity contribution is 14.0. The molecule has 0 aliphatic carbocycles. The summed E-state index contributed by atoms with van der Waals surface area (Å²) in [6, 6.07) is 4.17. The summed E-state index contributed by atoms with van der Waals surface area (Å²) in [5, 5.41) is 7.24. The van der Waals surface area contributed by atoms with Crippen LogP contribution in [0.1, 0.15) is 52.0 Å². The van der Waals surface area contributed by atoms with Gasteiger partial charge in [0, 0.05) is 18.8 Å². The molecule has 1 heterocycles. The van der Waals surface area contributed by atoms with Crippen LogP contribution in [0.15, 0.2) is 23.3 Å². The minimum absolute atomic E-state index is 0. The van der Waals surface area contributed by atoms with Gasteiger partial charge in [-0.05, 0) is 31.9 Å². The van der Waals surface area contributed by atoms with Crippen LogP contribution in [0.25, 0.3) is 0 Å². The number of aromatic nitrogens is 1. The lowest BCUT2D eigenvalue weighted by molar-refractivity contribution is 0.547. The summed E-state index contributed by atoms with van der Waals surface area (Å²) in [6.45, 7) is 7.95. The first-order chi connectivity index (χ1) is 10.2. The van der Waals surface area contributed by atoms with Gasteiger partial charge >= 0.3 is 0 Å². The molecule has 1 aromatic heterocycles. The minimum atomic E-state index is 0. The second kappa shape index (κ2) is 12.9. The Morgan fingerprint density at radius 1 is 1.32 bits per heavy atom. The highest BCUT2D eigenvalue weighted by atomic mass is 127. The van der Waals surface area contributed by atoms with Crippen LogP contribution in [0.5, 0.6) is 0 Å². The van der Waals surface area contributed by atoms with Crippen LogP contribution < -0.4 is 10.6 Å². The Kier molecular flexibility index (Phi) is 12.6. The molecule has 1 atom stereocenters. The van der Waals surface area contributed by atoms with E-state index >= 15 is 0 Å². The molecule has 0 amide bonds. The Bertz CT molecular complexity index is 423. The highest BCUT2D eigenvalue weighted by Crippen LogP contribution is 2.06. The maximum atomic E-state index is 5.78. The Labute approximate surface area is 156 Å². The van der Waals surface area contributed by atoms with Crippen LogP contribution in [-0.2, 0) is 6.54 Å². The summed E-state index contributed by atoms with van der Waals surface area (Å²) in [6.07, 6.45) is 6.73. The first kappa shape index (κ1) is 21.4. The van der Waals surface area contributed by atoms with E-state index in [1.807, 2.05) is 6.07 Å². The van der Waals surface area contributed by atoms with Crippen LogP contribution in [0.4, 0.5) is 0 Å². The van der Waals surface area contributed by atoms with Crippen molar-refractivity contribution in [2.45, 2.75) is 59.0 Å². The van der Waals surface area contributed by atoms with Gasteiger partial charge in [0.1, 0.15) is 5.15 Å². The Morgan fingerprint density at radius 3 is 2.68 bits per heavy atom. The standard InChI is InChI=1S/C16H27ClN4.HI/c1-4-6-7-8-13(3)21-16(18-5-2)20-12-14-9-10-15(17)19-11-14;/h9-11,13H,4-8,12H2,1-3H3,(H2,18,20,21);1H. The van der Waals surface area contributed by atoms with Crippen LogP contribution >= 0.6 is 35.6 Å². The lowest BCUT2D eigenvalue weighted by atomic mass is 10.1. The lowest BCUT2D eigenvalue weighted by Gasteiger charge is -2.17. The number of unbranched alkanes of at least 4 members (excludes halogenated alkanes) is 2. The molecular formula is C16H28ClIN4. The van der Waals surface area contributed by atoms with Crippen molar-refractivity contribution in [1.82, 2.24) is 15.6 Å². The minimum Gasteiger partial charge on any atom is -0.357 e. The normalized spacial score (nSPS) is 12.5. The van der Waals surface area contributed by atoms with Crippen molar-refractivity contribution in [3.63, 3.8) is 0 Å². The second-order valence-corrected chi connectivity index (χ2v) is 5.61. The SMILES string of the molecule is CCCCCC(C)NC(=NCc1ccc(Cl)nc1)NCC.I. The van der Waals surface area contributed by atoms with Gasteiger partial charge < -0.3 is 10.6 Å². The van der Waals surface area contributed by atoms with Crippen molar-refractivity contribution >= 4 is 41.5 Å². The number of nitrogens with zero attached hydrogens (tertiary/aromatic N) is 2. The van der Waals surface area contributed by atoms with Crippen molar-refractivity contribution < 1.29 is 0 Å². The molecule has 6 heteroatoms. The molecule has 1 unspecified atom stereocenters. The molecule has 0 radical (unpaired) electrons. The third-order valence-electron chi connectivity index (χ3n) is 3.18. The van der Waals surface area contributed by atoms with Gasteiger partial charge in [-0.15, -0.1) is 24.0 Å². The zero-order valence-corrected chi connectivity index (χ0v) is 16.8. The van der Waals surface area contributed by atoms with Crippen molar-refractivity contribution in [2.75, 3.05) is 6.54 Å². The molecule has 126 valence electrons. The first-order valence-corrected chi connectivity index (χ1v) is 8.18. The number of halogens is 2. The number of hydrogen-bond acceptors (Lipinski definition) is 2. The van der Waals surface area contributed by atoms with Gasteiger partial charge in [0.05, 0.1) is 6.54 Å². The predicted octanol–water partition coefficient (Wildman–Crippen LogP) is 4.38. The van der Waals surface area contributed by atoms with E-state index < -0.39 is 0 Å². The summed E-state index contributed by atoms with van der Waals surface area (Å²) in [5.74, 6) is 0.858. The van der Waals surface area contributed by atoms with Crippen LogP contribution in [0.2, 0.25) is 5.15 Å². The average Bonchev–Trinajstić information content (AvgIpc) is 2.47. The number of guanidine groups is 1. The van der Waals surface area contributed by atoms with E-state index in [0.29, 0.717) is 17.7 Å². The van der Waals surface area contributed by atoms with Crippen LogP contribution in [0, 0.1) is 0 Å². The van der Waals surface area contributed by atoms with Crippen molar-refractivity contribution in [3.05, 3.63) is 29.0 Å². The number of nitrogens with one attached hydrogen (secondary N) is 2. The maximum Gasteiger partial charge on any atom is 0.191 e.